The molecule has 2 aromatic heterocycles. The van der Waals surface area contributed by atoms with Crippen LogP contribution in [0, 0.1) is 5.82 Å². The smallest absolute Gasteiger partial charge is 0.343 e. The lowest BCUT2D eigenvalue weighted by Gasteiger charge is -2.20. The second-order valence-electron chi connectivity index (χ2n) is 11.1. The maximum Gasteiger partial charge on any atom is 0.343 e. The van der Waals surface area contributed by atoms with Crippen LogP contribution in [0.4, 0.5) is 10.1 Å². The lowest BCUT2D eigenvalue weighted by molar-refractivity contribution is 0.0612. The number of nitrogens with zero attached hydrogens (tertiary/aromatic N) is 3. The number of rotatable bonds is 12. The van der Waals surface area contributed by atoms with E-state index in [9.17, 15) is 24.2 Å². The SMILES string of the molecule is CC(C)c1c(C(=O)Nc2ccccc2)c(-c2ccccc2)c(-c2ccc(F)cc2)n1CC[C@@H](O)C[C@@H](O)Cn1nc[nH]c1=O. The van der Waals surface area contributed by atoms with Crippen molar-refractivity contribution in [2.24, 2.45) is 0 Å². The molecule has 9 nitrogen and oxygen atoms in total. The van der Waals surface area contributed by atoms with Crippen LogP contribution in [0.5, 0.6) is 0 Å². The van der Waals surface area contributed by atoms with Crippen molar-refractivity contribution in [3.8, 4) is 22.4 Å². The van der Waals surface area contributed by atoms with Crippen LogP contribution in [0.3, 0.4) is 0 Å². The minimum Gasteiger partial charge on any atom is -0.393 e. The zero-order valence-corrected chi connectivity index (χ0v) is 24.7. The van der Waals surface area contributed by atoms with Gasteiger partial charge in [0.15, 0.2) is 0 Å². The van der Waals surface area contributed by atoms with E-state index >= 15 is 0 Å². The molecular weight excluding hydrogens is 561 g/mol. The van der Waals surface area contributed by atoms with Crippen molar-refractivity contribution in [3.05, 3.63) is 119 Å². The first kappa shape index (κ1) is 30.7. The monoisotopic (exact) mass is 597 g/mol. The zero-order chi connectivity index (χ0) is 31.2. The third-order valence-electron chi connectivity index (χ3n) is 7.52. The number of aromatic amines is 1. The molecule has 0 aliphatic carbocycles. The number of aromatic nitrogens is 4. The minimum atomic E-state index is -0.996. The molecule has 5 aromatic rings. The third kappa shape index (κ3) is 6.88. The number of aliphatic hydroxyl groups is 2. The van der Waals surface area contributed by atoms with Gasteiger partial charge in [0.2, 0.25) is 0 Å². The van der Waals surface area contributed by atoms with Gasteiger partial charge in [-0.25, -0.2) is 13.9 Å². The first-order valence-electron chi connectivity index (χ1n) is 14.6. The standard InChI is InChI=1S/C34H36FN5O4/c1-22(2)31-30(33(43)38-26-11-7-4-8-12-26)29(23-9-5-3-6-10-23)32(24-13-15-25(35)16-14-24)39(31)18-17-27(41)19-28(42)20-40-34(44)36-21-37-40/h3-16,21-22,27-28,41-42H,17-20H2,1-2H3,(H,38,43)(H,36,37,44)/t27-,28-/m1/s1. The Balaban J connectivity index is 1.59. The van der Waals surface area contributed by atoms with Gasteiger partial charge in [-0.1, -0.05) is 62.4 Å². The molecule has 228 valence electrons. The normalized spacial score (nSPS) is 12.8. The Morgan fingerprint density at radius 1 is 0.932 bits per heavy atom. The average Bonchev–Trinajstić information content (AvgIpc) is 3.58. The number of anilines is 1. The van der Waals surface area contributed by atoms with Gasteiger partial charge in [0, 0.05) is 29.9 Å². The lowest BCUT2D eigenvalue weighted by atomic mass is 9.94. The molecule has 3 aromatic carbocycles. The van der Waals surface area contributed by atoms with E-state index in [2.05, 4.69) is 15.4 Å². The molecule has 1 amide bonds. The number of carbonyl (C=O) groups is 1. The van der Waals surface area contributed by atoms with Gasteiger partial charge >= 0.3 is 5.69 Å². The van der Waals surface area contributed by atoms with Crippen LogP contribution in [-0.2, 0) is 13.1 Å². The Morgan fingerprint density at radius 3 is 2.20 bits per heavy atom. The molecule has 0 saturated heterocycles. The molecule has 2 atom stereocenters. The van der Waals surface area contributed by atoms with Crippen molar-refractivity contribution >= 4 is 11.6 Å². The Bertz CT molecular complexity index is 1740. The molecule has 0 bridgehead atoms. The summed E-state index contributed by atoms with van der Waals surface area (Å²) in [4.78, 5) is 28.3. The second kappa shape index (κ2) is 13.7. The molecule has 0 fully saturated rings. The fourth-order valence-corrected chi connectivity index (χ4v) is 5.60. The fourth-order valence-electron chi connectivity index (χ4n) is 5.60. The molecule has 0 unspecified atom stereocenters. The van der Waals surface area contributed by atoms with Crippen molar-refractivity contribution in [1.82, 2.24) is 19.3 Å². The Labute approximate surface area is 254 Å². The largest absolute Gasteiger partial charge is 0.393 e. The second-order valence-corrected chi connectivity index (χ2v) is 11.1. The predicted octanol–water partition coefficient (Wildman–Crippen LogP) is 5.42. The van der Waals surface area contributed by atoms with E-state index in [1.165, 1.54) is 18.5 Å². The van der Waals surface area contributed by atoms with Gasteiger partial charge in [0.05, 0.1) is 30.0 Å². The van der Waals surface area contributed by atoms with Crippen molar-refractivity contribution < 1.29 is 19.4 Å². The van der Waals surface area contributed by atoms with E-state index < -0.39 is 17.9 Å². The summed E-state index contributed by atoms with van der Waals surface area (Å²) in [6.45, 7) is 4.28. The number of nitrogens with one attached hydrogen (secondary N) is 2. The molecule has 0 saturated carbocycles. The summed E-state index contributed by atoms with van der Waals surface area (Å²) in [5, 5.41) is 28.5. The van der Waals surface area contributed by atoms with Gasteiger partial charge in [-0.15, -0.1) is 0 Å². The molecule has 10 heteroatoms. The van der Waals surface area contributed by atoms with Crippen LogP contribution < -0.4 is 11.0 Å². The van der Waals surface area contributed by atoms with Crippen molar-refractivity contribution in [2.45, 2.75) is 57.9 Å². The maximum atomic E-state index is 14.1. The third-order valence-corrected chi connectivity index (χ3v) is 7.52. The van der Waals surface area contributed by atoms with Gasteiger partial charge in [-0.05, 0) is 59.9 Å². The Morgan fingerprint density at radius 2 is 1.59 bits per heavy atom. The highest BCUT2D eigenvalue weighted by atomic mass is 19.1. The van der Waals surface area contributed by atoms with Gasteiger partial charge in [0.1, 0.15) is 12.1 Å². The highest BCUT2D eigenvalue weighted by Crippen LogP contribution is 2.42. The lowest BCUT2D eigenvalue weighted by Crippen LogP contribution is -2.29. The molecule has 0 spiro atoms. The predicted molar refractivity (Wildman–Crippen MR) is 168 cm³/mol. The van der Waals surface area contributed by atoms with Crippen LogP contribution in [-0.4, -0.2) is 47.7 Å². The maximum absolute atomic E-state index is 14.1. The number of halogens is 1. The molecule has 4 N–H and O–H groups in total. The number of H-pyrrole nitrogens is 1. The van der Waals surface area contributed by atoms with E-state index in [4.69, 9.17) is 0 Å². The topological polar surface area (TPSA) is 125 Å². The number of aliphatic hydroxyl groups excluding tert-OH is 2. The molecule has 5 rings (SSSR count). The summed E-state index contributed by atoms with van der Waals surface area (Å²) < 4.78 is 17.2. The van der Waals surface area contributed by atoms with Crippen LogP contribution in [0.2, 0.25) is 0 Å². The van der Waals surface area contributed by atoms with E-state index in [0.29, 0.717) is 23.4 Å². The van der Waals surface area contributed by atoms with E-state index in [0.717, 1.165) is 27.2 Å². The zero-order valence-electron chi connectivity index (χ0n) is 24.7. The number of amides is 1. The van der Waals surface area contributed by atoms with Crippen LogP contribution in [0.1, 0.15) is 48.7 Å². The molecule has 0 radical (unpaired) electrons. The summed E-state index contributed by atoms with van der Waals surface area (Å²) in [7, 11) is 0. The highest BCUT2D eigenvalue weighted by molar-refractivity contribution is 6.12. The number of hydrogen-bond donors (Lipinski definition) is 4. The summed E-state index contributed by atoms with van der Waals surface area (Å²) in [6, 6.07) is 25.0. The first-order valence-corrected chi connectivity index (χ1v) is 14.6. The Kier molecular flexibility index (Phi) is 9.52. The van der Waals surface area contributed by atoms with Crippen LogP contribution in [0.25, 0.3) is 22.4 Å². The van der Waals surface area contributed by atoms with E-state index in [1.54, 1.807) is 12.1 Å². The molecule has 2 heterocycles. The van der Waals surface area contributed by atoms with Gasteiger partial charge in [-0.3, -0.25) is 9.78 Å². The Hall–Kier alpha value is -4.80. The van der Waals surface area contributed by atoms with Gasteiger partial charge in [-0.2, -0.15) is 5.10 Å². The molecule has 0 aliphatic heterocycles. The van der Waals surface area contributed by atoms with Crippen molar-refractivity contribution in [1.29, 1.82) is 0 Å². The van der Waals surface area contributed by atoms with Gasteiger partial charge in [0.25, 0.3) is 5.91 Å². The number of hydrogen-bond acceptors (Lipinski definition) is 5. The van der Waals surface area contributed by atoms with Crippen LogP contribution >= 0.6 is 0 Å². The highest BCUT2D eigenvalue weighted by Gasteiger charge is 2.31. The summed E-state index contributed by atoms with van der Waals surface area (Å²) in [5.41, 5.74) is 4.48. The molecule has 44 heavy (non-hydrogen) atoms. The average molecular weight is 598 g/mol. The van der Waals surface area contributed by atoms with E-state index in [1.807, 2.05) is 79.1 Å². The summed E-state index contributed by atoms with van der Waals surface area (Å²) in [6.07, 6.45) is -0.383. The number of carbonyl (C=O) groups excluding carboxylic acids is 1. The molecule has 0 aliphatic rings. The molecular formula is C34H36FN5O4. The summed E-state index contributed by atoms with van der Waals surface area (Å²) >= 11 is 0. The van der Waals surface area contributed by atoms with Crippen LogP contribution in [0.15, 0.2) is 96.1 Å². The number of benzene rings is 3. The first-order chi connectivity index (χ1) is 21.2. The minimum absolute atomic E-state index is 0.0242. The van der Waals surface area contributed by atoms with E-state index in [-0.39, 0.29) is 37.0 Å². The number of para-hydroxylation sites is 1. The van der Waals surface area contributed by atoms with Crippen molar-refractivity contribution in [3.63, 3.8) is 0 Å². The van der Waals surface area contributed by atoms with Crippen molar-refractivity contribution in [2.75, 3.05) is 5.32 Å². The quantitative estimate of drug-likeness (QED) is 0.153. The summed E-state index contributed by atoms with van der Waals surface area (Å²) in [5.74, 6) is -0.751. The fraction of sp³-hybridized carbons (Fsp3) is 0.265. The van der Waals surface area contributed by atoms with Gasteiger partial charge < -0.3 is 20.1 Å².